The SMILES string of the molecule is C=CC(C)(C)CC1COC(C)(C)N1C(=O)OC(C)(C)C. The molecule has 0 N–H and O–H groups in total. The van der Waals surface area contributed by atoms with Gasteiger partial charge in [-0.3, -0.25) is 4.90 Å². The van der Waals surface area contributed by atoms with Crippen molar-refractivity contribution in [3.63, 3.8) is 0 Å². The Balaban J connectivity index is 2.91. The third-order valence-electron chi connectivity index (χ3n) is 3.48. The van der Waals surface area contributed by atoms with Gasteiger partial charge in [0.05, 0.1) is 12.6 Å². The highest BCUT2D eigenvalue weighted by atomic mass is 16.6. The summed E-state index contributed by atoms with van der Waals surface area (Å²) in [7, 11) is 0. The normalized spacial score (nSPS) is 22.8. The van der Waals surface area contributed by atoms with Crippen LogP contribution >= 0.6 is 0 Å². The quantitative estimate of drug-likeness (QED) is 0.736. The molecule has 1 rings (SSSR count). The first kappa shape index (κ1) is 17.0. The molecular weight excluding hydrogens is 254 g/mol. The van der Waals surface area contributed by atoms with E-state index < -0.39 is 11.3 Å². The summed E-state index contributed by atoms with van der Waals surface area (Å²) >= 11 is 0. The lowest BCUT2D eigenvalue weighted by Gasteiger charge is -2.37. The second kappa shape index (κ2) is 5.40. The number of nitrogens with zero attached hydrogens (tertiary/aromatic N) is 1. The Morgan fingerprint density at radius 2 is 1.95 bits per heavy atom. The Hall–Kier alpha value is -1.03. The maximum atomic E-state index is 12.5. The smallest absolute Gasteiger partial charge is 0.412 e. The molecule has 4 nitrogen and oxygen atoms in total. The van der Waals surface area contributed by atoms with E-state index in [9.17, 15) is 4.79 Å². The van der Waals surface area contributed by atoms with E-state index in [1.54, 1.807) is 4.90 Å². The molecule has 20 heavy (non-hydrogen) atoms. The van der Waals surface area contributed by atoms with Crippen molar-refractivity contribution in [3.8, 4) is 0 Å². The average Bonchev–Trinajstić information content (AvgIpc) is 2.50. The molecule has 0 bridgehead atoms. The fourth-order valence-corrected chi connectivity index (χ4v) is 2.40. The van der Waals surface area contributed by atoms with Gasteiger partial charge >= 0.3 is 6.09 Å². The number of allylic oxidation sites excluding steroid dienone is 1. The zero-order valence-corrected chi connectivity index (χ0v) is 13.9. The van der Waals surface area contributed by atoms with Crippen LogP contribution in [0.5, 0.6) is 0 Å². The summed E-state index contributed by atoms with van der Waals surface area (Å²) in [5.41, 5.74) is -1.19. The zero-order valence-electron chi connectivity index (χ0n) is 13.9. The van der Waals surface area contributed by atoms with Crippen LogP contribution in [-0.2, 0) is 9.47 Å². The summed E-state index contributed by atoms with van der Waals surface area (Å²) in [6.45, 7) is 18.0. The van der Waals surface area contributed by atoms with Crippen molar-refractivity contribution in [2.45, 2.75) is 72.3 Å². The fourth-order valence-electron chi connectivity index (χ4n) is 2.40. The van der Waals surface area contributed by atoms with Crippen LogP contribution in [0.25, 0.3) is 0 Å². The van der Waals surface area contributed by atoms with Gasteiger partial charge in [0.1, 0.15) is 11.3 Å². The topological polar surface area (TPSA) is 38.8 Å². The first-order valence-electron chi connectivity index (χ1n) is 7.18. The average molecular weight is 283 g/mol. The maximum Gasteiger partial charge on any atom is 0.412 e. The number of amides is 1. The predicted molar refractivity (Wildman–Crippen MR) is 80.5 cm³/mol. The molecule has 0 aliphatic carbocycles. The van der Waals surface area contributed by atoms with E-state index >= 15 is 0 Å². The van der Waals surface area contributed by atoms with E-state index in [0.29, 0.717) is 6.61 Å². The minimum atomic E-state index is -0.635. The number of hydrogen-bond acceptors (Lipinski definition) is 3. The lowest BCUT2D eigenvalue weighted by Crippen LogP contribution is -2.50. The van der Waals surface area contributed by atoms with E-state index in [4.69, 9.17) is 9.47 Å². The van der Waals surface area contributed by atoms with Gasteiger partial charge in [0.2, 0.25) is 0 Å². The highest BCUT2D eigenvalue weighted by molar-refractivity contribution is 5.69. The van der Waals surface area contributed by atoms with Crippen LogP contribution in [0.3, 0.4) is 0 Å². The molecular formula is C16H29NO3. The van der Waals surface area contributed by atoms with Crippen LogP contribution in [0.15, 0.2) is 12.7 Å². The zero-order chi connectivity index (χ0) is 15.8. The fraction of sp³-hybridized carbons (Fsp3) is 0.812. The Morgan fingerprint density at radius 1 is 1.40 bits per heavy atom. The third kappa shape index (κ3) is 4.23. The summed E-state index contributed by atoms with van der Waals surface area (Å²) in [5, 5.41) is 0. The van der Waals surface area contributed by atoms with Gasteiger partial charge in [0, 0.05) is 0 Å². The largest absolute Gasteiger partial charge is 0.444 e. The second-order valence-corrected chi connectivity index (χ2v) is 7.66. The highest BCUT2D eigenvalue weighted by Crippen LogP contribution is 2.35. The van der Waals surface area contributed by atoms with Crippen LogP contribution in [0, 0.1) is 5.41 Å². The van der Waals surface area contributed by atoms with E-state index in [0.717, 1.165) is 6.42 Å². The molecule has 1 saturated heterocycles. The van der Waals surface area contributed by atoms with Gasteiger partial charge < -0.3 is 9.47 Å². The Morgan fingerprint density at radius 3 is 2.40 bits per heavy atom. The molecule has 1 aliphatic rings. The molecule has 0 saturated carbocycles. The lowest BCUT2D eigenvalue weighted by atomic mass is 9.85. The van der Waals surface area contributed by atoms with E-state index in [2.05, 4.69) is 20.4 Å². The molecule has 1 heterocycles. The van der Waals surface area contributed by atoms with E-state index in [-0.39, 0.29) is 17.6 Å². The third-order valence-corrected chi connectivity index (χ3v) is 3.48. The van der Waals surface area contributed by atoms with Crippen molar-refractivity contribution >= 4 is 6.09 Å². The Kier molecular flexibility index (Phi) is 4.59. The Bertz CT molecular complexity index is 380. The van der Waals surface area contributed by atoms with Gasteiger partial charge in [-0.2, -0.15) is 0 Å². The van der Waals surface area contributed by atoms with Crippen molar-refractivity contribution in [1.82, 2.24) is 4.90 Å². The molecule has 1 fully saturated rings. The molecule has 1 amide bonds. The summed E-state index contributed by atoms with van der Waals surface area (Å²) in [6.07, 6.45) is 2.41. The second-order valence-electron chi connectivity index (χ2n) is 7.66. The monoisotopic (exact) mass is 283 g/mol. The summed E-state index contributed by atoms with van der Waals surface area (Å²) in [6, 6.07) is 0.00727. The molecule has 4 heteroatoms. The van der Waals surface area contributed by atoms with Crippen LogP contribution in [-0.4, -0.2) is 35.0 Å². The Labute approximate surface area is 123 Å². The molecule has 1 atom stereocenters. The lowest BCUT2D eigenvalue weighted by molar-refractivity contribution is -0.0633. The number of carbonyl (C=O) groups is 1. The highest BCUT2D eigenvalue weighted by Gasteiger charge is 2.46. The molecule has 116 valence electrons. The van der Waals surface area contributed by atoms with Crippen molar-refractivity contribution in [2.24, 2.45) is 5.41 Å². The maximum absolute atomic E-state index is 12.5. The van der Waals surface area contributed by atoms with E-state index in [1.807, 2.05) is 40.7 Å². The van der Waals surface area contributed by atoms with Crippen LogP contribution < -0.4 is 0 Å². The molecule has 0 aromatic heterocycles. The van der Waals surface area contributed by atoms with Crippen molar-refractivity contribution < 1.29 is 14.3 Å². The van der Waals surface area contributed by atoms with Crippen LogP contribution in [0.1, 0.15) is 54.9 Å². The molecule has 0 radical (unpaired) electrons. The minimum absolute atomic E-state index is 0.00727. The van der Waals surface area contributed by atoms with Crippen LogP contribution in [0.2, 0.25) is 0 Å². The van der Waals surface area contributed by atoms with Gasteiger partial charge in [-0.15, -0.1) is 6.58 Å². The van der Waals surface area contributed by atoms with Gasteiger partial charge in [-0.1, -0.05) is 19.9 Å². The summed E-state index contributed by atoms with van der Waals surface area (Å²) < 4.78 is 11.3. The number of rotatable bonds is 3. The number of ether oxygens (including phenoxy) is 2. The van der Waals surface area contributed by atoms with Gasteiger partial charge in [0.15, 0.2) is 0 Å². The molecule has 1 unspecified atom stereocenters. The molecule has 0 aromatic carbocycles. The van der Waals surface area contributed by atoms with Gasteiger partial charge in [-0.25, -0.2) is 4.79 Å². The standard InChI is InChI=1S/C16H29NO3/c1-9-15(5,6)10-12-11-19-16(7,8)17(12)13(18)20-14(2,3)4/h9,12H,1,10-11H2,2-8H3. The van der Waals surface area contributed by atoms with Crippen LogP contribution in [0.4, 0.5) is 4.79 Å². The number of carbonyl (C=O) groups excluding carboxylic acids is 1. The van der Waals surface area contributed by atoms with Crippen molar-refractivity contribution in [2.75, 3.05) is 6.61 Å². The number of hydrogen-bond donors (Lipinski definition) is 0. The predicted octanol–water partition coefficient (Wildman–Crippen LogP) is 3.96. The van der Waals surface area contributed by atoms with E-state index in [1.165, 1.54) is 0 Å². The molecule has 1 aliphatic heterocycles. The van der Waals surface area contributed by atoms with Gasteiger partial charge in [-0.05, 0) is 46.5 Å². The minimum Gasteiger partial charge on any atom is -0.444 e. The first-order chi connectivity index (χ1) is 8.88. The molecule has 0 spiro atoms. The summed E-state index contributed by atoms with van der Waals surface area (Å²) in [4.78, 5) is 14.2. The first-order valence-corrected chi connectivity index (χ1v) is 7.18. The van der Waals surface area contributed by atoms with Gasteiger partial charge in [0.25, 0.3) is 0 Å². The van der Waals surface area contributed by atoms with Crippen molar-refractivity contribution in [1.29, 1.82) is 0 Å². The molecule has 0 aromatic rings. The van der Waals surface area contributed by atoms with Crippen molar-refractivity contribution in [3.05, 3.63) is 12.7 Å². The summed E-state index contributed by atoms with van der Waals surface area (Å²) in [5.74, 6) is 0.